The molecule has 4 atom stereocenters. The maximum Gasteiger partial charge on any atom is 0.0337 e. The number of hydrogen-bond acceptors (Lipinski definition) is 3. The lowest BCUT2D eigenvalue weighted by atomic mass is 9.70. The summed E-state index contributed by atoms with van der Waals surface area (Å²) in [6.07, 6.45) is 6.48. The van der Waals surface area contributed by atoms with Crippen LogP contribution < -0.4 is 5.73 Å². The minimum Gasteiger partial charge on any atom is -0.329 e. The fraction of sp³-hybridized carbons (Fsp3) is 1.00. The van der Waals surface area contributed by atoms with Gasteiger partial charge in [-0.15, -0.1) is 0 Å². The molecule has 0 amide bonds. The van der Waals surface area contributed by atoms with Gasteiger partial charge in [-0.2, -0.15) is 0 Å². The minimum absolute atomic E-state index is 0.276. The van der Waals surface area contributed by atoms with Gasteiger partial charge in [0, 0.05) is 31.2 Å². The van der Waals surface area contributed by atoms with E-state index in [1.807, 2.05) is 0 Å². The highest BCUT2D eigenvalue weighted by Crippen LogP contribution is 2.41. The Morgan fingerprint density at radius 3 is 2.55 bits per heavy atom. The molecular weight excluding hydrogens is 246 g/mol. The van der Waals surface area contributed by atoms with Crippen molar-refractivity contribution in [1.82, 2.24) is 9.80 Å². The standard InChI is InChI=1S/C17H35N3/c1-5-16-12-19(4)9-6-10-20(16)17(13-18)8-7-14(2)15(3)11-17/h14-16H,5-13,18H2,1-4H3. The van der Waals surface area contributed by atoms with E-state index in [1.54, 1.807) is 0 Å². The van der Waals surface area contributed by atoms with Crippen molar-refractivity contribution in [2.75, 3.05) is 33.2 Å². The second-order valence-electron chi connectivity index (χ2n) is 7.50. The molecule has 0 spiro atoms. The third-order valence-electron chi connectivity index (χ3n) is 6.10. The quantitative estimate of drug-likeness (QED) is 0.863. The molecule has 20 heavy (non-hydrogen) atoms. The van der Waals surface area contributed by atoms with Crippen molar-refractivity contribution in [3.05, 3.63) is 0 Å². The first-order valence-electron chi connectivity index (χ1n) is 8.67. The lowest BCUT2D eigenvalue weighted by molar-refractivity contribution is -0.00865. The molecule has 4 unspecified atom stereocenters. The van der Waals surface area contributed by atoms with Crippen molar-refractivity contribution in [2.45, 2.75) is 64.5 Å². The highest BCUT2D eigenvalue weighted by molar-refractivity contribution is 5.00. The number of likely N-dealkylation sites (N-methyl/N-ethyl adjacent to an activating group) is 1. The van der Waals surface area contributed by atoms with Gasteiger partial charge in [-0.05, 0) is 57.5 Å². The predicted octanol–water partition coefficient (Wildman–Crippen LogP) is 2.56. The Labute approximate surface area is 125 Å². The maximum absolute atomic E-state index is 6.32. The van der Waals surface area contributed by atoms with E-state index in [0.717, 1.165) is 18.4 Å². The Morgan fingerprint density at radius 1 is 1.20 bits per heavy atom. The normalized spacial score (nSPS) is 41.5. The van der Waals surface area contributed by atoms with Crippen LogP contribution >= 0.6 is 0 Å². The number of hydrogen-bond donors (Lipinski definition) is 1. The monoisotopic (exact) mass is 281 g/mol. The largest absolute Gasteiger partial charge is 0.329 e. The highest BCUT2D eigenvalue weighted by atomic mass is 15.3. The Hall–Kier alpha value is -0.120. The summed E-state index contributed by atoms with van der Waals surface area (Å²) >= 11 is 0. The summed E-state index contributed by atoms with van der Waals surface area (Å²) in [6, 6.07) is 0.687. The van der Waals surface area contributed by atoms with Crippen LogP contribution in [0.4, 0.5) is 0 Å². The van der Waals surface area contributed by atoms with Gasteiger partial charge in [0.1, 0.15) is 0 Å². The average Bonchev–Trinajstić information content (AvgIpc) is 2.64. The molecule has 0 bridgehead atoms. The van der Waals surface area contributed by atoms with Gasteiger partial charge in [0.2, 0.25) is 0 Å². The lowest BCUT2D eigenvalue weighted by Crippen LogP contribution is -2.61. The summed E-state index contributed by atoms with van der Waals surface area (Å²) in [7, 11) is 2.27. The Bertz CT molecular complexity index is 307. The molecule has 1 aliphatic carbocycles. The van der Waals surface area contributed by atoms with E-state index in [-0.39, 0.29) is 5.54 Å². The van der Waals surface area contributed by atoms with Gasteiger partial charge in [-0.1, -0.05) is 20.8 Å². The van der Waals surface area contributed by atoms with E-state index in [9.17, 15) is 0 Å². The fourth-order valence-corrected chi connectivity index (χ4v) is 4.46. The molecule has 2 rings (SSSR count). The third-order valence-corrected chi connectivity index (χ3v) is 6.10. The molecule has 3 nitrogen and oxygen atoms in total. The number of rotatable bonds is 3. The molecule has 2 fully saturated rings. The van der Waals surface area contributed by atoms with Crippen molar-refractivity contribution in [3.8, 4) is 0 Å². The smallest absolute Gasteiger partial charge is 0.0337 e. The fourth-order valence-electron chi connectivity index (χ4n) is 4.46. The maximum atomic E-state index is 6.32. The van der Waals surface area contributed by atoms with E-state index in [0.29, 0.717) is 6.04 Å². The Kier molecular flexibility index (Phi) is 5.49. The zero-order chi connectivity index (χ0) is 14.8. The van der Waals surface area contributed by atoms with Crippen LogP contribution in [0.25, 0.3) is 0 Å². The molecule has 0 aromatic carbocycles. The molecule has 1 saturated heterocycles. The second kappa shape index (κ2) is 6.76. The van der Waals surface area contributed by atoms with Gasteiger partial charge in [0.15, 0.2) is 0 Å². The van der Waals surface area contributed by atoms with Crippen molar-refractivity contribution in [1.29, 1.82) is 0 Å². The first-order chi connectivity index (χ1) is 9.52. The molecule has 1 heterocycles. The molecule has 2 N–H and O–H groups in total. The zero-order valence-corrected chi connectivity index (χ0v) is 14.1. The summed E-state index contributed by atoms with van der Waals surface area (Å²) in [6.45, 7) is 11.7. The van der Waals surface area contributed by atoms with Crippen molar-refractivity contribution < 1.29 is 0 Å². The third kappa shape index (κ3) is 3.20. The van der Waals surface area contributed by atoms with E-state index in [1.165, 1.54) is 51.7 Å². The molecule has 0 radical (unpaired) electrons. The number of nitrogens with zero attached hydrogens (tertiary/aromatic N) is 2. The summed E-state index contributed by atoms with van der Waals surface area (Å²) in [5, 5.41) is 0. The van der Waals surface area contributed by atoms with Crippen LogP contribution in [-0.2, 0) is 0 Å². The molecule has 118 valence electrons. The Balaban J connectivity index is 2.19. The molecule has 1 aliphatic heterocycles. The Morgan fingerprint density at radius 2 is 1.95 bits per heavy atom. The highest BCUT2D eigenvalue weighted by Gasteiger charge is 2.44. The van der Waals surface area contributed by atoms with Crippen LogP contribution in [0, 0.1) is 11.8 Å². The van der Waals surface area contributed by atoms with Crippen LogP contribution in [0.15, 0.2) is 0 Å². The van der Waals surface area contributed by atoms with E-state index >= 15 is 0 Å². The molecule has 0 aromatic heterocycles. The molecule has 0 aromatic rings. The van der Waals surface area contributed by atoms with Crippen LogP contribution in [0.1, 0.15) is 52.9 Å². The van der Waals surface area contributed by atoms with Gasteiger partial charge >= 0.3 is 0 Å². The topological polar surface area (TPSA) is 32.5 Å². The van der Waals surface area contributed by atoms with Crippen molar-refractivity contribution in [2.24, 2.45) is 17.6 Å². The van der Waals surface area contributed by atoms with Gasteiger partial charge in [-0.3, -0.25) is 4.90 Å². The first-order valence-corrected chi connectivity index (χ1v) is 8.67. The number of nitrogens with two attached hydrogens (primary N) is 1. The van der Waals surface area contributed by atoms with Gasteiger partial charge < -0.3 is 10.6 Å². The minimum atomic E-state index is 0.276. The SMILES string of the molecule is CCC1CN(C)CCCN1C1(CN)CCC(C)C(C)C1. The van der Waals surface area contributed by atoms with Gasteiger partial charge in [-0.25, -0.2) is 0 Å². The van der Waals surface area contributed by atoms with Crippen molar-refractivity contribution >= 4 is 0 Å². The van der Waals surface area contributed by atoms with Gasteiger partial charge in [0.05, 0.1) is 0 Å². The summed E-state index contributed by atoms with van der Waals surface area (Å²) in [4.78, 5) is 5.33. The first kappa shape index (κ1) is 16.3. The lowest BCUT2D eigenvalue weighted by Gasteiger charge is -2.52. The second-order valence-corrected chi connectivity index (χ2v) is 7.50. The van der Waals surface area contributed by atoms with Crippen molar-refractivity contribution in [3.63, 3.8) is 0 Å². The molecule has 3 heteroatoms. The zero-order valence-electron chi connectivity index (χ0n) is 14.1. The van der Waals surface area contributed by atoms with Crippen LogP contribution in [0.5, 0.6) is 0 Å². The average molecular weight is 281 g/mol. The molecular formula is C17H35N3. The predicted molar refractivity (Wildman–Crippen MR) is 86.9 cm³/mol. The van der Waals surface area contributed by atoms with Crippen LogP contribution in [0.3, 0.4) is 0 Å². The molecule has 2 aliphatic rings. The van der Waals surface area contributed by atoms with E-state index < -0.39 is 0 Å². The van der Waals surface area contributed by atoms with Crippen LogP contribution in [-0.4, -0.2) is 54.6 Å². The summed E-state index contributed by atoms with van der Waals surface area (Å²) in [5.74, 6) is 1.68. The summed E-state index contributed by atoms with van der Waals surface area (Å²) < 4.78 is 0. The molecule has 1 saturated carbocycles. The van der Waals surface area contributed by atoms with E-state index in [4.69, 9.17) is 5.73 Å². The van der Waals surface area contributed by atoms with E-state index in [2.05, 4.69) is 37.6 Å². The summed E-state index contributed by atoms with van der Waals surface area (Å²) in [5.41, 5.74) is 6.60. The van der Waals surface area contributed by atoms with Gasteiger partial charge in [0.25, 0.3) is 0 Å². The van der Waals surface area contributed by atoms with Crippen LogP contribution in [0.2, 0.25) is 0 Å².